The number of fused-ring (bicyclic) bond motifs is 12. The van der Waals surface area contributed by atoms with Crippen LogP contribution < -0.4 is 5.56 Å². The van der Waals surface area contributed by atoms with Gasteiger partial charge in [0, 0.05) is 21.9 Å². The minimum absolute atomic E-state index is 0.157. The van der Waals surface area contributed by atoms with Crippen molar-refractivity contribution in [1.29, 1.82) is 0 Å². The van der Waals surface area contributed by atoms with Crippen molar-refractivity contribution >= 4 is 66.1 Å². The zero-order valence-corrected chi connectivity index (χ0v) is 26.8. The van der Waals surface area contributed by atoms with Crippen molar-refractivity contribution in [2.24, 2.45) is 0 Å². The minimum Gasteiger partial charge on any atom is -0.288 e. The van der Waals surface area contributed by atoms with Gasteiger partial charge in [0.2, 0.25) is 5.95 Å². The molecule has 0 saturated heterocycles. The van der Waals surface area contributed by atoms with Crippen molar-refractivity contribution in [3.63, 3.8) is 0 Å². The van der Waals surface area contributed by atoms with Crippen molar-refractivity contribution in [1.82, 2.24) is 38.3 Å². The summed E-state index contributed by atoms with van der Waals surface area (Å²) in [7, 11) is 0. The number of aromatic nitrogens is 8. The lowest BCUT2D eigenvalue weighted by atomic mass is 10.1. The van der Waals surface area contributed by atoms with E-state index in [1.807, 2.05) is 115 Å². The fourth-order valence-corrected chi connectivity index (χ4v) is 7.39. The maximum atomic E-state index is 14.5. The van der Waals surface area contributed by atoms with E-state index in [0.717, 1.165) is 49.5 Å². The topological polar surface area (TPSA) is 95.3 Å². The van der Waals surface area contributed by atoms with Gasteiger partial charge in [-0.25, -0.2) is 15.0 Å². The highest BCUT2D eigenvalue weighted by Gasteiger charge is 2.22. The van der Waals surface area contributed by atoms with E-state index in [1.54, 1.807) is 4.40 Å². The summed E-state index contributed by atoms with van der Waals surface area (Å²) in [6.45, 7) is 0. The molecule has 0 N–H and O–H groups in total. The summed E-state index contributed by atoms with van der Waals surface area (Å²) in [5, 5.41) is 2.55. The second-order valence-electron chi connectivity index (χ2n) is 12.6. The lowest BCUT2D eigenvalue weighted by molar-refractivity contribution is 0.953. The van der Waals surface area contributed by atoms with Gasteiger partial charge in [-0.1, -0.05) is 103 Å². The Bertz CT molecular complexity index is 3220. The predicted molar refractivity (Wildman–Crippen MR) is 201 cm³/mol. The van der Waals surface area contributed by atoms with Crippen LogP contribution in [0.4, 0.5) is 0 Å². The van der Waals surface area contributed by atoms with Crippen molar-refractivity contribution < 1.29 is 0 Å². The van der Waals surface area contributed by atoms with Crippen LogP contribution >= 0.6 is 0 Å². The zero-order chi connectivity index (χ0) is 33.6. The second-order valence-corrected chi connectivity index (χ2v) is 12.6. The Morgan fingerprint density at radius 3 is 1.67 bits per heavy atom. The molecule has 0 amide bonds. The number of hydrogen-bond acceptors (Lipinski definition) is 6. The highest BCUT2D eigenvalue weighted by Crippen LogP contribution is 2.36. The second kappa shape index (κ2) is 10.4. The lowest BCUT2D eigenvalue weighted by Gasteiger charge is -2.13. The summed E-state index contributed by atoms with van der Waals surface area (Å²) in [4.78, 5) is 39.7. The summed E-state index contributed by atoms with van der Waals surface area (Å²) in [5.74, 6) is 1.60. The average Bonchev–Trinajstić information content (AvgIpc) is 3.74. The average molecular weight is 657 g/mol. The van der Waals surface area contributed by atoms with E-state index in [2.05, 4.69) is 39.3 Å². The zero-order valence-electron chi connectivity index (χ0n) is 26.8. The highest BCUT2D eigenvalue weighted by molar-refractivity contribution is 6.13. The van der Waals surface area contributed by atoms with Crippen molar-refractivity contribution in [3.8, 4) is 28.7 Å². The molecular weight excluding hydrogens is 633 g/mol. The predicted octanol–water partition coefficient (Wildman–Crippen LogP) is 8.42. The molecule has 0 saturated carbocycles. The molecular formula is C42H24N8O. The summed E-state index contributed by atoms with van der Waals surface area (Å²) < 4.78 is 5.90. The van der Waals surface area contributed by atoms with E-state index in [1.165, 1.54) is 0 Å². The summed E-state index contributed by atoms with van der Waals surface area (Å²) in [6, 6.07) is 47.9. The number of imidazole rings is 1. The minimum atomic E-state index is -0.157. The summed E-state index contributed by atoms with van der Waals surface area (Å²) in [6.07, 6.45) is 0. The maximum absolute atomic E-state index is 14.5. The van der Waals surface area contributed by atoms with Crippen LogP contribution in [-0.2, 0) is 0 Å². The molecule has 0 unspecified atom stereocenters. The first-order chi connectivity index (χ1) is 25.2. The Morgan fingerprint density at radius 1 is 0.392 bits per heavy atom. The van der Waals surface area contributed by atoms with Gasteiger partial charge in [-0.05, 0) is 42.5 Å². The molecule has 11 aromatic rings. The van der Waals surface area contributed by atoms with E-state index in [0.29, 0.717) is 45.3 Å². The number of para-hydroxylation sites is 4. The Morgan fingerprint density at radius 2 is 0.941 bits per heavy atom. The van der Waals surface area contributed by atoms with Crippen LogP contribution in [0.15, 0.2) is 150 Å². The Hall–Kier alpha value is -7.26. The van der Waals surface area contributed by atoms with Crippen molar-refractivity contribution in [2.45, 2.75) is 0 Å². The number of hydrogen-bond donors (Lipinski definition) is 0. The molecule has 9 heteroatoms. The van der Waals surface area contributed by atoms with Gasteiger partial charge in [-0.2, -0.15) is 9.97 Å². The quantitative estimate of drug-likeness (QED) is 0.140. The smallest absolute Gasteiger partial charge is 0.266 e. The Kier molecular flexibility index (Phi) is 5.63. The molecule has 0 bridgehead atoms. The summed E-state index contributed by atoms with van der Waals surface area (Å²) in [5.41, 5.74) is 8.41. The first kappa shape index (κ1) is 27.7. The standard InChI is InChI=1S/C42H24N8O/c51-41-28-18-7-9-19-30(28)43-40-39-44-31-20-10-12-22-33(31)48(39)35-23-29-27-17-8-11-21-32(27)49(34(29)24-36(35)50(40)41)42-46-37(25-13-3-1-4-14-25)45-38(47-42)26-15-5-2-6-16-26/h1-24H. The van der Waals surface area contributed by atoms with Gasteiger partial charge in [-0.15, -0.1) is 0 Å². The van der Waals surface area contributed by atoms with E-state index < -0.39 is 0 Å². The molecule has 11 rings (SSSR count). The molecule has 9 nitrogen and oxygen atoms in total. The molecule has 0 radical (unpaired) electrons. The third kappa shape index (κ3) is 3.97. The van der Waals surface area contributed by atoms with Crippen molar-refractivity contribution in [3.05, 3.63) is 156 Å². The van der Waals surface area contributed by atoms with E-state index in [-0.39, 0.29) is 5.56 Å². The van der Waals surface area contributed by atoms with Crippen LogP contribution in [0, 0.1) is 0 Å². The largest absolute Gasteiger partial charge is 0.288 e. The van der Waals surface area contributed by atoms with Gasteiger partial charge in [0.05, 0.1) is 44.0 Å². The van der Waals surface area contributed by atoms with Crippen molar-refractivity contribution in [2.75, 3.05) is 0 Å². The van der Waals surface area contributed by atoms with Crippen LogP contribution in [0.2, 0.25) is 0 Å². The third-order valence-corrected chi connectivity index (χ3v) is 9.67. The molecule has 5 aromatic heterocycles. The fraction of sp³-hybridized carbons (Fsp3) is 0. The van der Waals surface area contributed by atoms with E-state index in [9.17, 15) is 4.79 Å². The van der Waals surface area contributed by atoms with Gasteiger partial charge >= 0.3 is 0 Å². The van der Waals surface area contributed by atoms with Crippen LogP contribution in [0.25, 0.3) is 94.8 Å². The van der Waals surface area contributed by atoms with Gasteiger partial charge in [0.25, 0.3) is 5.56 Å². The van der Waals surface area contributed by atoms with E-state index >= 15 is 0 Å². The lowest BCUT2D eigenvalue weighted by Crippen LogP contribution is -2.17. The highest BCUT2D eigenvalue weighted by atomic mass is 16.1. The molecule has 238 valence electrons. The Balaban J connectivity index is 1.33. The van der Waals surface area contributed by atoms with Crippen LogP contribution in [0.1, 0.15) is 0 Å². The molecule has 0 atom stereocenters. The van der Waals surface area contributed by atoms with Gasteiger partial charge in [0.1, 0.15) is 0 Å². The summed E-state index contributed by atoms with van der Waals surface area (Å²) >= 11 is 0. The molecule has 5 heterocycles. The SMILES string of the molecule is O=c1c2ccccc2nc2c3nc4ccccc4n3c3cc4c5ccccc5n(-c5nc(-c6ccccc6)nc(-c6ccccc6)n5)c4cc3n12. The number of rotatable bonds is 3. The van der Waals surface area contributed by atoms with Crippen LogP contribution in [0.3, 0.4) is 0 Å². The molecule has 0 aliphatic heterocycles. The molecule has 0 aliphatic rings. The fourth-order valence-electron chi connectivity index (χ4n) is 7.39. The van der Waals surface area contributed by atoms with E-state index in [4.69, 9.17) is 24.9 Å². The number of nitrogens with zero attached hydrogens (tertiary/aromatic N) is 8. The van der Waals surface area contributed by atoms with Crippen LogP contribution in [-0.4, -0.2) is 38.3 Å². The van der Waals surface area contributed by atoms with Gasteiger partial charge < -0.3 is 0 Å². The number of benzene rings is 6. The monoisotopic (exact) mass is 656 g/mol. The third-order valence-electron chi connectivity index (χ3n) is 9.67. The molecule has 0 spiro atoms. The Labute approximate surface area is 288 Å². The first-order valence-corrected chi connectivity index (χ1v) is 16.7. The van der Waals surface area contributed by atoms with Gasteiger partial charge in [0.15, 0.2) is 22.9 Å². The molecule has 0 aliphatic carbocycles. The molecule has 51 heavy (non-hydrogen) atoms. The van der Waals surface area contributed by atoms with Gasteiger partial charge in [-0.3, -0.25) is 18.2 Å². The first-order valence-electron chi connectivity index (χ1n) is 16.7. The molecule has 0 fully saturated rings. The molecule has 6 aromatic carbocycles. The maximum Gasteiger partial charge on any atom is 0.266 e. The normalized spacial score (nSPS) is 12.0. The van der Waals surface area contributed by atoms with Crippen LogP contribution in [0.5, 0.6) is 0 Å².